The maximum absolute atomic E-state index is 14.7. The van der Waals surface area contributed by atoms with Crippen LogP contribution in [0.25, 0.3) is 0 Å². The molecule has 77 heavy (non-hydrogen) atoms. The number of imidazole rings is 2. The molecule has 1 aromatic carbocycles. The van der Waals surface area contributed by atoms with Crippen molar-refractivity contribution >= 4 is 115 Å². The number of benzene rings is 1. The molecule has 0 aliphatic carbocycles. The lowest BCUT2D eigenvalue weighted by Crippen LogP contribution is -2.59. The number of thioether (sulfide) groups is 2. The molecule has 420 valence electrons. The molecular weight excluding hydrogens is 1110 g/mol. The Morgan fingerprint density at radius 2 is 1.64 bits per heavy atom. The number of amides is 7. The van der Waals surface area contributed by atoms with Gasteiger partial charge in [0.05, 0.1) is 31.9 Å². The monoisotopic (exact) mass is 1170 g/mol. The molecule has 7 amide bonds. The topological polar surface area (TPSA) is 429 Å². The number of ether oxygens (including phenoxy) is 1. The Hall–Kier alpha value is -6.52. The maximum Gasteiger partial charge on any atom is 0.374 e. The molecule has 0 radical (unpaired) electrons. The molecule has 3 aromatic rings. The Balaban J connectivity index is 1.42. The molecule has 2 aromatic heterocycles. The largest absolute Gasteiger partial charge is 0.508 e. The summed E-state index contributed by atoms with van der Waals surface area (Å²) in [5.41, 5.74) is 0.303. The predicted octanol–water partition coefficient (Wildman–Crippen LogP) is -1.50. The van der Waals surface area contributed by atoms with Crippen LogP contribution in [0, 0.1) is 0 Å². The summed E-state index contributed by atoms with van der Waals surface area (Å²) in [5, 5.41) is 77.6. The number of carboxylic acids is 1. The number of aliphatic hydroxyl groups excluding tert-OH is 2. The minimum atomic E-state index is -1.75. The van der Waals surface area contributed by atoms with Crippen molar-refractivity contribution in [2.24, 2.45) is 0 Å². The second kappa shape index (κ2) is 29.3. The van der Waals surface area contributed by atoms with E-state index >= 15 is 0 Å². The molecule has 2 aliphatic rings. The predicted molar refractivity (Wildman–Crippen MR) is 284 cm³/mol. The number of aliphatic carboxylic acids is 1. The van der Waals surface area contributed by atoms with E-state index in [4.69, 9.17) is 17.0 Å². The van der Waals surface area contributed by atoms with Gasteiger partial charge in [0.1, 0.15) is 58.5 Å². The molecule has 28 nitrogen and oxygen atoms in total. The number of aromatic nitrogens is 4. The van der Waals surface area contributed by atoms with Gasteiger partial charge in [-0.2, -0.15) is 16.7 Å². The molecule has 1 saturated heterocycles. The van der Waals surface area contributed by atoms with Crippen LogP contribution < -0.4 is 37.2 Å². The van der Waals surface area contributed by atoms with Gasteiger partial charge >= 0.3 is 11.9 Å². The van der Waals surface area contributed by atoms with Gasteiger partial charge in [0, 0.05) is 24.5 Å². The number of fused-ring (bicyclic) bond motifs is 4. The SMILES string of the molecule is CSCC[C@H](NC(=O)[C@@H]1CSSC[C@H](NC(=O)[C@H](CO)NC(=O)CNC(=O)Sc2nc(C(=O)OC(C)C)[nH]c2O)C(=O)N[C@@H](Cc2ccc(O)cc2)C(=O)N2CCCC2c2nc(O)c([nH]2)C(=S)N[C@@H](CO)C(=O)N1)C(=O)O. The number of hydrogen-bond acceptors (Lipinski definition) is 22. The van der Waals surface area contributed by atoms with Crippen molar-refractivity contribution in [2.75, 3.05) is 49.8 Å². The van der Waals surface area contributed by atoms with Gasteiger partial charge in [-0.1, -0.05) is 45.9 Å². The van der Waals surface area contributed by atoms with Crippen LogP contribution >= 0.6 is 57.3 Å². The molecule has 4 heterocycles. The van der Waals surface area contributed by atoms with Crippen molar-refractivity contribution < 1.29 is 78.5 Å². The van der Waals surface area contributed by atoms with E-state index in [9.17, 15) is 73.8 Å². The van der Waals surface area contributed by atoms with Gasteiger partial charge in [0.25, 0.3) is 5.24 Å². The lowest BCUT2D eigenvalue weighted by Gasteiger charge is -2.30. The highest BCUT2D eigenvalue weighted by molar-refractivity contribution is 8.76. The first kappa shape index (κ1) is 61.3. The van der Waals surface area contributed by atoms with Crippen LogP contribution in [0.4, 0.5) is 4.79 Å². The van der Waals surface area contributed by atoms with E-state index in [1.807, 2.05) is 0 Å². The smallest absolute Gasteiger partial charge is 0.374 e. The number of phenolic OH excluding ortho intramolecular Hbond substituents is 1. The first-order valence-corrected chi connectivity index (χ1v) is 28.6. The maximum atomic E-state index is 14.7. The Morgan fingerprint density at radius 3 is 2.30 bits per heavy atom. The van der Waals surface area contributed by atoms with Gasteiger partial charge in [-0.05, 0) is 74.6 Å². The third-order valence-corrected chi connectivity index (χ3v) is 15.4. The highest BCUT2D eigenvalue weighted by Crippen LogP contribution is 2.34. The van der Waals surface area contributed by atoms with E-state index in [0.717, 1.165) is 21.6 Å². The van der Waals surface area contributed by atoms with Crippen LogP contribution in [-0.2, 0) is 44.7 Å². The molecule has 15 N–H and O–H groups in total. The van der Waals surface area contributed by atoms with Crippen LogP contribution in [-0.4, -0.2) is 205 Å². The lowest BCUT2D eigenvalue weighted by atomic mass is 10.0. The average molecular weight is 1170 g/mol. The molecular formula is C44H58N12O16S5. The van der Waals surface area contributed by atoms with Gasteiger partial charge < -0.3 is 87.5 Å². The van der Waals surface area contributed by atoms with Crippen LogP contribution in [0.2, 0.25) is 0 Å². The fraction of sp³-hybridized carbons (Fsp3) is 0.500. The number of thiocarbonyl (C=S) groups is 1. The van der Waals surface area contributed by atoms with Crippen LogP contribution in [0.5, 0.6) is 17.5 Å². The summed E-state index contributed by atoms with van der Waals surface area (Å²) in [7, 11) is 1.76. The number of nitrogens with one attached hydrogen (secondary N) is 9. The van der Waals surface area contributed by atoms with Crippen molar-refractivity contribution in [3.63, 3.8) is 0 Å². The Bertz CT molecular complexity index is 2640. The number of aromatic hydroxyl groups is 3. The Morgan fingerprint density at radius 1 is 0.922 bits per heavy atom. The number of H-pyrrole nitrogens is 2. The lowest BCUT2D eigenvalue weighted by molar-refractivity contribution is -0.142. The van der Waals surface area contributed by atoms with Crippen molar-refractivity contribution in [3.05, 3.63) is 47.2 Å². The fourth-order valence-electron chi connectivity index (χ4n) is 7.39. The summed E-state index contributed by atoms with van der Waals surface area (Å²) >= 11 is 7.13. The second-order valence-corrected chi connectivity index (χ2v) is 22.2. The quantitative estimate of drug-likeness (QED) is 0.0298. The van der Waals surface area contributed by atoms with Crippen LogP contribution in [0.3, 0.4) is 0 Å². The van der Waals surface area contributed by atoms with E-state index in [1.54, 1.807) is 20.1 Å². The number of carbonyl (C=O) groups excluding carboxylic acids is 8. The highest BCUT2D eigenvalue weighted by Gasteiger charge is 2.39. The van der Waals surface area contributed by atoms with Gasteiger partial charge in [-0.15, -0.1) is 0 Å². The average Bonchev–Trinajstić information content (AvgIpc) is 4.13. The number of phenols is 1. The summed E-state index contributed by atoms with van der Waals surface area (Å²) < 4.78 is 5.01. The molecule has 7 atom stereocenters. The van der Waals surface area contributed by atoms with Crippen molar-refractivity contribution in [1.82, 2.24) is 62.1 Å². The standard InChI is InChI=1S/C44H58N12O16S5/c1-19(2)72-43(70)32-54-38(66)40(55-32)77-44(71)45-14-29(60)46-24(15-57)33(61)49-27-18-76-75-17-26(35(63)47-22(42(68)69)10-12-74-3)50-34(62)25(16-58)51-39(73)30-37(65)53-31(52-30)28-5-4-11-56(28)41(67)23(48-36(27)64)13-20-6-8-21(59)9-7-20/h6-9,19,22-28,57-59,65-66H,4-5,10-18H2,1-3H3,(H,45,71)(H,46,60)(H,47,63)(H,48,64)(H,49,61)(H,50,62)(H,51,73)(H,52,53)(H,54,55)(H,68,69)/t22-,23-,24-,25-,26-,27-,28?/m0/s1. The molecule has 0 spiro atoms. The number of hydrogen-bond donors (Lipinski definition) is 15. The fourth-order valence-corrected chi connectivity index (χ4v) is 11.1. The third kappa shape index (κ3) is 17.8. The first-order chi connectivity index (χ1) is 36.6. The van der Waals surface area contributed by atoms with Crippen LogP contribution in [0.15, 0.2) is 29.3 Å². The van der Waals surface area contributed by atoms with Crippen molar-refractivity contribution in [3.8, 4) is 17.5 Å². The summed E-state index contributed by atoms with van der Waals surface area (Å²) in [4.78, 5) is 135. The number of aromatic amines is 2. The molecule has 33 heteroatoms. The zero-order valence-corrected chi connectivity index (χ0v) is 45.4. The zero-order valence-electron chi connectivity index (χ0n) is 41.4. The summed E-state index contributed by atoms with van der Waals surface area (Å²) in [6.07, 6.45) is 1.84. The van der Waals surface area contributed by atoms with Crippen molar-refractivity contribution in [2.45, 2.75) is 93.0 Å². The molecule has 5 rings (SSSR count). The minimum Gasteiger partial charge on any atom is -0.508 e. The van der Waals surface area contributed by atoms with E-state index in [1.165, 1.54) is 40.9 Å². The van der Waals surface area contributed by atoms with E-state index < -0.39 is 138 Å². The summed E-state index contributed by atoms with van der Waals surface area (Å²) in [6.45, 7) is 0.621. The van der Waals surface area contributed by atoms with Gasteiger partial charge in [-0.25, -0.2) is 14.6 Å². The summed E-state index contributed by atoms with van der Waals surface area (Å²) in [5.74, 6) is -9.89. The zero-order chi connectivity index (χ0) is 56.5. The Labute approximate surface area is 460 Å². The second-order valence-electron chi connectivity index (χ2n) is 17.3. The molecule has 2 bridgehead atoms. The number of esters is 1. The number of aliphatic hydroxyl groups is 2. The van der Waals surface area contributed by atoms with Crippen LogP contribution in [0.1, 0.15) is 66.9 Å². The summed E-state index contributed by atoms with van der Waals surface area (Å²) in [6, 6.07) is -4.19. The number of rotatable bonds is 18. The van der Waals surface area contributed by atoms with Gasteiger partial charge in [0.2, 0.25) is 53.0 Å². The van der Waals surface area contributed by atoms with Gasteiger partial charge in [-0.3, -0.25) is 33.6 Å². The third-order valence-electron chi connectivity index (χ3n) is 11.2. The molecule has 0 saturated carbocycles. The number of carboxylic acid groups (broad SMARTS) is 1. The number of carbonyl (C=O) groups is 9. The highest BCUT2D eigenvalue weighted by atomic mass is 33.1. The molecule has 2 aliphatic heterocycles. The van der Waals surface area contributed by atoms with E-state index in [0.29, 0.717) is 35.9 Å². The normalized spacial score (nSPS) is 20.3. The molecule has 1 unspecified atom stereocenters. The minimum absolute atomic E-state index is 0.0151. The van der Waals surface area contributed by atoms with E-state index in [2.05, 4.69) is 57.2 Å². The van der Waals surface area contributed by atoms with E-state index in [-0.39, 0.29) is 58.2 Å². The molecule has 1 fully saturated rings. The first-order valence-electron chi connectivity index (χ1n) is 23.4. The van der Waals surface area contributed by atoms with Gasteiger partial charge in [0.15, 0.2) is 5.03 Å². The number of nitrogens with zero attached hydrogens (tertiary/aromatic N) is 3. The van der Waals surface area contributed by atoms with Crippen molar-refractivity contribution in [1.29, 1.82) is 0 Å². The Kier molecular flexibility index (Phi) is 23.3.